The van der Waals surface area contributed by atoms with Crippen molar-refractivity contribution in [3.8, 4) is 5.75 Å². The largest absolute Gasteiger partial charge is 0.497 e. The molecule has 0 spiro atoms. The molecule has 1 aliphatic rings. The van der Waals surface area contributed by atoms with Crippen molar-refractivity contribution < 1.29 is 14.6 Å². The molecule has 2 rings (SSSR count). The van der Waals surface area contributed by atoms with Crippen LogP contribution in [0.5, 0.6) is 5.75 Å². The molecule has 1 aromatic rings. The zero-order chi connectivity index (χ0) is 12.3. The first-order chi connectivity index (χ1) is 8.20. The summed E-state index contributed by atoms with van der Waals surface area (Å²) < 4.78 is 5.17. The third-order valence-corrected chi connectivity index (χ3v) is 3.90. The van der Waals surface area contributed by atoms with Crippen LogP contribution in [0.3, 0.4) is 0 Å². The fraction of sp³-hybridized carbons (Fsp3) is 0.417. The number of nitrogens with one attached hydrogen (secondary N) is 1. The summed E-state index contributed by atoms with van der Waals surface area (Å²) >= 11 is 1.66. The van der Waals surface area contributed by atoms with E-state index in [1.165, 1.54) is 0 Å². The third kappa shape index (κ3) is 2.92. The first-order valence-corrected chi connectivity index (χ1v) is 6.56. The molecule has 1 fully saturated rings. The van der Waals surface area contributed by atoms with E-state index in [-0.39, 0.29) is 6.04 Å². The molecule has 0 aliphatic carbocycles. The van der Waals surface area contributed by atoms with Crippen molar-refractivity contribution in [1.82, 2.24) is 5.32 Å². The summed E-state index contributed by atoms with van der Waals surface area (Å²) in [5.41, 5.74) is 1.07. The van der Waals surface area contributed by atoms with Gasteiger partial charge in [-0.2, -0.15) is 11.8 Å². The first-order valence-electron chi connectivity index (χ1n) is 5.41. The Labute approximate surface area is 104 Å². The average Bonchev–Trinajstić information content (AvgIpc) is 2.39. The van der Waals surface area contributed by atoms with Gasteiger partial charge in [-0.15, -0.1) is 0 Å². The number of carbonyl (C=O) groups is 1. The molecule has 1 heterocycles. The van der Waals surface area contributed by atoms with Gasteiger partial charge in [0, 0.05) is 17.5 Å². The standard InChI is InChI=1S/C12H15NO3S/c1-16-9-4-2-3-8(5-9)10-6-17-7-11(13-10)12(14)15/h2-5,10-11,13H,6-7H2,1H3,(H,14,15). The molecule has 0 bridgehead atoms. The van der Waals surface area contributed by atoms with E-state index in [0.717, 1.165) is 17.1 Å². The van der Waals surface area contributed by atoms with Crippen LogP contribution in [-0.4, -0.2) is 35.7 Å². The van der Waals surface area contributed by atoms with Crippen LogP contribution in [0.15, 0.2) is 24.3 Å². The lowest BCUT2D eigenvalue weighted by molar-refractivity contribution is -0.139. The molecule has 4 nitrogen and oxygen atoms in total. The van der Waals surface area contributed by atoms with E-state index < -0.39 is 12.0 Å². The number of benzene rings is 1. The van der Waals surface area contributed by atoms with Gasteiger partial charge in [0.05, 0.1) is 7.11 Å². The molecular formula is C12H15NO3S. The Kier molecular flexibility index (Phi) is 3.91. The summed E-state index contributed by atoms with van der Waals surface area (Å²) in [7, 11) is 1.63. The normalized spacial score (nSPS) is 24.3. The molecule has 5 heteroatoms. The van der Waals surface area contributed by atoms with Crippen LogP contribution in [0, 0.1) is 0 Å². The van der Waals surface area contributed by atoms with Gasteiger partial charge in [-0.05, 0) is 17.7 Å². The van der Waals surface area contributed by atoms with Gasteiger partial charge in [-0.25, -0.2) is 0 Å². The lowest BCUT2D eigenvalue weighted by Crippen LogP contribution is -2.45. The van der Waals surface area contributed by atoms with Gasteiger partial charge in [0.15, 0.2) is 0 Å². The van der Waals surface area contributed by atoms with E-state index in [1.807, 2.05) is 24.3 Å². The van der Waals surface area contributed by atoms with Gasteiger partial charge >= 0.3 is 5.97 Å². The average molecular weight is 253 g/mol. The molecule has 1 aromatic carbocycles. The smallest absolute Gasteiger partial charge is 0.321 e. The zero-order valence-corrected chi connectivity index (χ0v) is 10.4. The second-order valence-electron chi connectivity index (χ2n) is 3.92. The summed E-state index contributed by atoms with van der Waals surface area (Å²) in [4.78, 5) is 11.0. The minimum absolute atomic E-state index is 0.0740. The number of ether oxygens (including phenoxy) is 1. The third-order valence-electron chi connectivity index (χ3n) is 2.77. The molecule has 1 saturated heterocycles. The fourth-order valence-electron chi connectivity index (χ4n) is 1.84. The lowest BCUT2D eigenvalue weighted by atomic mass is 10.1. The van der Waals surface area contributed by atoms with Gasteiger partial charge in [0.2, 0.25) is 0 Å². The number of rotatable bonds is 3. The quantitative estimate of drug-likeness (QED) is 0.855. The Balaban J connectivity index is 2.13. The van der Waals surface area contributed by atoms with Gasteiger partial charge < -0.3 is 9.84 Å². The Morgan fingerprint density at radius 1 is 1.53 bits per heavy atom. The minimum Gasteiger partial charge on any atom is -0.497 e. The summed E-state index contributed by atoms with van der Waals surface area (Å²) in [5.74, 6) is 1.52. The van der Waals surface area contributed by atoms with Gasteiger partial charge in [-0.3, -0.25) is 10.1 Å². The van der Waals surface area contributed by atoms with Crippen molar-refractivity contribution in [3.05, 3.63) is 29.8 Å². The van der Waals surface area contributed by atoms with Crippen LogP contribution in [-0.2, 0) is 4.79 Å². The van der Waals surface area contributed by atoms with E-state index in [9.17, 15) is 4.79 Å². The number of carboxylic acid groups (broad SMARTS) is 1. The van der Waals surface area contributed by atoms with E-state index in [4.69, 9.17) is 9.84 Å². The summed E-state index contributed by atoms with van der Waals surface area (Å²) in [6.45, 7) is 0. The topological polar surface area (TPSA) is 58.6 Å². The Morgan fingerprint density at radius 3 is 3.06 bits per heavy atom. The first kappa shape index (κ1) is 12.3. The van der Waals surface area contributed by atoms with Crippen molar-refractivity contribution >= 4 is 17.7 Å². The summed E-state index contributed by atoms with van der Waals surface area (Å²) in [6.07, 6.45) is 0. The van der Waals surface area contributed by atoms with E-state index in [0.29, 0.717) is 5.75 Å². The second-order valence-corrected chi connectivity index (χ2v) is 5.00. The highest BCUT2D eigenvalue weighted by molar-refractivity contribution is 7.99. The molecule has 2 atom stereocenters. The number of carboxylic acids is 1. The monoisotopic (exact) mass is 253 g/mol. The highest BCUT2D eigenvalue weighted by Crippen LogP contribution is 2.26. The van der Waals surface area contributed by atoms with Crippen LogP contribution in [0.1, 0.15) is 11.6 Å². The number of hydrogen-bond acceptors (Lipinski definition) is 4. The Bertz CT molecular complexity index is 410. The number of thioether (sulfide) groups is 1. The summed E-state index contributed by atoms with van der Waals surface area (Å²) in [6, 6.07) is 7.35. The van der Waals surface area contributed by atoms with E-state index in [1.54, 1.807) is 18.9 Å². The molecule has 0 saturated carbocycles. The SMILES string of the molecule is COc1cccc(C2CSCC(C(=O)O)N2)c1. The van der Waals surface area contributed by atoms with Crippen molar-refractivity contribution in [2.75, 3.05) is 18.6 Å². The highest BCUT2D eigenvalue weighted by Gasteiger charge is 2.27. The van der Waals surface area contributed by atoms with Crippen LogP contribution >= 0.6 is 11.8 Å². The zero-order valence-electron chi connectivity index (χ0n) is 9.55. The van der Waals surface area contributed by atoms with Gasteiger partial charge in [0.25, 0.3) is 0 Å². The van der Waals surface area contributed by atoms with Crippen molar-refractivity contribution in [2.45, 2.75) is 12.1 Å². The molecule has 2 unspecified atom stereocenters. The Morgan fingerprint density at radius 2 is 2.35 bits per heavy atom. The molecule has 0 radical (unpaired) electrons. The molecule has 92 valence electrons. The maximum atomic E-state index is 11.0. The molecule has 17 heavy (non-hydrogen) atoms. The van der Waals surface area contributed by atoms with Crippen molar-refractivity contribution in [3.63, 3.8) is 0 Å². The maximum Gasteiger partial charge on any atom is 0.321 e. The highest BCUT2D eigenvalue weighted by atomic mass is 32.2. The van der Waals surface area contributed by atoms with Crippen LogP contribution in [0.2, 0.25) is 0 Å². The van der Waals surface area contributed by atoms with Crippen molar-refractivity contribution in [1.29, 1.82) is 0 Å². The predicted octanol–water partition coefficient (Wildman–Crippen LogP) is 1.53. The maximum absolute atomic E-state index is 11.0. The van der Waals surface area contributed by atoms with Crippen LogP contribution in [0.4, 0.5) is 0 Å². The van der Waals surface area contributed by atoms with E-state index in [2.05, 4.69) is 5.32 Å². The molecular weight excluding hydrogens is 238 g/mol. The van der Waals surface area contributed by atoms with E-state index >= 15 is 0 Å². The fourth-order valence-corrected chi connectivity index (χ4v) is 2.97. The lowest BCUT2D eigenvalue weighted by Gasteiger charge is -2.28. The molecule has 1 aliphatic heterocycles. The van der Waals surface area contributed by atoms with Gasteiger partial charge in [-0.1, -0.05) is 12.1 Å². The summed E-state index contributed by atoms with van der Waals surface area (Å²) in [5, 5.41) is 12.1. The molecule has 0 aromatic heterocycles. The number of aliphatic carboxylic acids is 1. The molecule has 2 N–H and O–H groups in total. The Hall–Kier alpha value is -1.20. The second kappa shape index (κ2) is 5.42. The number of hydrogen-bond donors (Lipinski definition) is 2. The van der Waals surface area contributed by atoms with Gasteiger partial charge in [0.1, 0.15) is 11.8 Å². The van der Waals surface area contributed by atoms with Crippen LogP contribution < -0.4 is 10.1 Å². The predicted molar refractivity (Wildman–Crippen MR) is 67.6 cm³/mol. The minimum atomic E-state index is -0.787. The van der Waals surface area contributed by atoms with Crippen LogP contribution in [0.25, 0.3) is 0 Å². The van der Waals surface area contributed by atoms with Crippen molar-refractivity contribution in [2.24, 2.45) is 0 Å². The molecule has 0 amide bonds. The number of methoxy groups -OCH3 is 1.